The molecule has 1 heterocycles. The van der Waals surface area contributed by atoms with Crippen molar-refractivity contribution in [1.29, 1.82) is 5.53 Å². The third kappa shape index (κ3) is 3.21. The minimum absolute atomic E-state index is 0.243. The van der Waals surface area contributed by atoms with Crippen molar-refractivity contribution in [3.63, 3.8) is 0 Å². The normalized spacial score (nSPS) is 17.0. The summed E-state index contributed by atoms with van der Waals surface area (Å²) in [6, 6.07) is 4.47. The average molecular weight is 310 g/mol. The topological polar surface area (TPSA) is 82.8 Å². The number of nitrogens with one attached hydrogen (secondary N) is 1. The van der Waals surface area contributed by atoms with Gasteiger partial charge in [-0.05, 0) is 36.6 Å². The molecule has 1 amide bonds. The van der Waals surface area contributed by atoms with Crippen LogP contribution in [0.5, 0.6) is 0 Å². The highest BCUT2D eigenvalue weighted by Gasteiger charge is 2.36. The van der Waals surface area contributed by atoms with Gasteiger partial charge in [-0.3, -0.25) is 9.69 Å². The van der Waals surface area contributed by atoms with Crippen molar-refractivity contribution in [2.24, 2.45) is 5.11 Å². The first-order chi connectivity index (χ1) is 10.1. The molecule has 0 saturated carbocycles. The summed E-state index contributed by atoms with van der Waals surface area (Å²) in [6.07, 6.45) is 0.0812. The van der Waals surface area contributed by atoms with E-state index in [1.54, 1.807) is 25.1 Å². The summed E-state index contributed by atoms with van der Waals surface area (Å²) in [6.45, 7) is 2.07. The maximum Gasteiger partial charge on any atom is 0.410 e. The van der Waals surface area contributed by atoms with Crippen LogP contribution >= 0.6 is 11.6 Å². The van der Waals surface area contributed by atoms with Gasteiger partial charge >= 0.3 is 6.09 Å². The zero-order valence-corrected chi connectivity index (χ0v) is 12.4. The Morgan fingerprint density at radius 1 is 1.52 bits per heavy atom. The number of rotatable bonds is 4. The predicted octanol–water partition coefficient (Wildman–Crippen LogP) is 3.00. The van der Waals surface area contributed by atoms with Crippen molar-refractivity contribution in [3.05, 3.63) is 34.3 Å². The Kier molecular flexibility index (Phi) is 4.90. The summed E-state index contributed by atoms with van der Waals surface area (Å²) >= 11 is 5.98. The first-order valence-electron chi connectivity index (χ1n) is 6.66. The van der Waals surface area contributed by atoms with E-state index in [-0.39, 0.29) is 18.9 Å². The second-order valence-corrected chi connectivity index (χ2v) is 5.11. The van der Waals surface area contributed by atoms with Gasteiger partial charge < -0.3 is 4.74 Å². The Balaban J connectivity index is 2.40. The van der Waals surface area contributed by atoms with E-state index in [9.17, 15) is 9.59 Å². The average Bonchev–Trinajstić information content (AvgIpc) is 2.46. The molecule has 1 aromatic carbocycles. The summed E-state index contributed by atoms with van der Waals surface area (Å²) in [7, 11) is 0. The molecule has 1 aliphatic heterocycles. The molecule has 1 unspecified atom stereocenters. The van der Waals surface area contributed by atoms with E-state index < -0.39 is 12.1 Å². The van der Waals surface area contributed by atoms with E-state index in [1.807, 2.05) is 0 Å². The van der Waals surface area contributed by atoms with Gasteiger partial charge in [0.15, 0.2) is 5.78 Å². The SMILES string of the molecule is CCOC(=O)N1CCc2cc(Cl)ccc2C1C(=O)CN=N. The molecule has 0 aliphatic carbocycles. The Labute approximate surface area is 127 Å². The smallest absolute Gasteiger partial charge is 0.410 e. The molecular weight excluding hydrogens is 294 g/mol. The maximum absolute atomic E-state index is 12.3. The molecule has 7 heteroatoms. The summed E-state index contributed by atoms with van der Waals surface area (Å²) in [4.78, 5) is 25.7. The van der Waals surface area contributed by atoms with Crippen molar-refractivity contribution in [2.45, 2.75) is 19.4 Å². The fourth-order valence-corrected chi connectivity index (χ4v) is 2.70. The van der Waals surface area contributed by atoms with E-state index in [4.69, 9.17) is 21.9 Å². The van der Waals surface area contributed by atoms with E-state index >= 15 is 0 Å². The van der Waals surface area contributed by atoms with E-state index in [1.165, 1.54) is 4.90 Å². The van der Waals surface area contributed by atoms with Gasteiger partial charge in [-0.1, -0.05) is 17.7 Å². The largest absolute Gasteiger partial charge is 0.450 e. The van der Waals surface area contributed by atoms with Gasteiger partial charge in [0.2, 0.25) is 0 Å². The number of carbonyl (C=O) groups excluding carboxylic acids is 2. The van der Waals surface area contributed by atoms with Crippen LogP contribution in [0.1, 0.15) is 24.1 Å². The van der Waals surface area contributed by atoms with Crippen LogP contribution in [-0.2, 0) is 16.0 Å². The molecule has 0 aromatic heterocycles. The van der Waals surface area contributed by atoms with Crippen LogP contribution in [-0.4, -0.2) is 36.5 Å². The lowest BCUT2D eigenvalue weighted by Gasteiger charge is -2.35. The van der Waals surface area contributed by atoms with E-state index in [0.717, 1.165) is 11.1 Å². The minimum Gasteiger partial charge on any atom is -0.450 e. The highest BCUT2D eigenvalue weighted by Crippen LogP contribution is 2.32. The van der Waals surface area contributed by atoms with Crippen LogP contribution in [0, 0.1) is 5.53 Å². The molecule has 0 saturated heterocycles. The monoisotopic (exact) mass is 309 g/mol. The second-order valence-electron chi connectivity index (χ2n) is 4.67. The van der Waals surface area contributed by atoms with E-state index in [2.05, 4.69) is 5.11 Å². The molecule has 1 aromatic rings. The van der Waals surface area contributed by atoms with Crippen molar-refractivity contribution in [2.75, 3.05) is 19.7 Å². The Morgan fingerprint density at radius 3 is 2.95 bits per heavy atom. The molecule has 1 atom stereocenters. The number of ether oxygens (including phenoxy) is 1. The Morgan fingerprint density at radius 2 is 2.29 bits per heavy atom. The first-order valence-corrected chi connectivity index (χ1v) is 7.04. The second kappa shape index (κ2) is 6.67. The van der Waals surface area contributed by atoms with Gasteiger partial charge in [0.25, 0.3) is 0 Å². The lowest BCUT2D eigenvalue weighted by Crippen LogP contribution is -2.44. The van der Waals surface area contributed by atoms with Gasteiger partial charge in [-0.15, -0.1) is 0 Å². The summed E-state index contributed by atoms with van der Waals surface area (Å²) in [5.41, 5.74) is 8.54. The van der Waals surface area contributed by atoms with Crippen molar-refractivity contribution >= 4 is 23.5 Å². The number of amides is 1. The number of benzene rings is 1. The van der Waals surface area contributed by atoms with Crippen LogP contribution in [0.25, 0.3) is 0 Å². The van der Waals surface area contributed by atoms with Gasteiger partial charge in [0.1, 0.15) is 12.6 Å². The highest BCUT2D eigenvalue weighted by molar-refractivity contribution is 6.30. The zero-order chi connectivity index (χ0) is 15.4. The molecule has 21 heavy (non-hydrogen) atoms. The fourth-order valence-electron chi connectivity index (χ4n) is 2.51. The number of halogens is 1. The zero-order valence-electron chi connectivity index (χ0n) is 11.6. The molecule has 0 bridgehead atoms. The number of fused-ring (bicyclic) bond motifs is 1. The molecule has 1 N–H and O–H groups in total. The van der Waals surface area contributed by atoms with Crippen LogP contribution in [0.15, 0.2) is 23.3 Å². The van der Waals surface area contributed by atoms with E-state index in [0.29, 0.717) is 18.0 Å². The molecule has 1 aliphatic rings. The molecular formula is C14H16ClN3O3. The van der Waals surface area contributed by atoms with Gasteiger partial charge in [0.05, 0.1) is 6.61 Å². The first kappa shape index (κ1) is 15.4. The predicted molar refractivity (Wildman–Crippen MR) is 76.6 cm³/mol. The van der Waals surface area contributed by atoms with Crippen LogP contribution in [0.4, 0.5) is 4.79 Å². The number of ketones is 1. The van der Waals surface area contributed by atoms with Crippen molar-refractivity contribution in [1.82, 2.24) is 4.90 Å². The van der Waals surface area contributed by atoms with Gasteiger partial charge in [-0.25, -0.2) is 10.3 Å². The molecule has 0 radical (unpaired) electrons. The molecule has 112 valence electrons. The van der Waals surface area contributed by atoms with Gasteiger partial charge in [-0.2, -0.15) is 5.11 Å². The molecule has 2 rings (SSSR count). The number of nitrogens with zero attached hydrogens (tertiary/aromatic N) is 2. The molecule has 0 fully saturated rings. The standard InChI is InChI=1S/C14H16ClN3O3/c1-2-21-14(20)18-6-5-9-7-10(15)3-4-11(9)13(18)12(19)8-17-16/h3-4,7,13,16H,2,5-6,8H2,1H3. The lowest BCUT2D eigenvalue weighted by molar-refractivity contribution is -0.123. The third-order valence-electron chi connectivity index (χ3n) is 3.38. The quantitative estimate of drug-likeness (QED) is 0.868. The van der Waals surface area contributed by atoms with Gasteiger partial charge in [0, 0.05) is 11.6 Å². The number of Topliss-reactive ketones (excluding diaryl/α,β-unsaturated/α-hetero) is 1. The summed E-state index contributed by atoms with van der Waals surface area (Å²) in [5.74, 6) is -0.304. The Bertz CT molecular complexity index is 577. The number of hydrogen-bond acceptors (Lipinski definition) is 5. The van der Waals surface area contributed by atoms with Crippen LogP contribution in [0.3, 0.4) is 0 Å². The summed E-state index contributed by atoms with van der Waals surface area (Å²) < 4.78 is 5.01. The Hall–Kier alpha value is -1.95. The number of carbonyl (C=O) groups is 2. The van der Waals surface area contributed by atoms with Crippen LogP contribution in [0.2, 0.25) is 5.02 Å². The fraction of sp³-hybridized carbons (Fsp3) is 0.429. The van der Waals surface area contributed by atoms with Crippen LogP contribution < -0.4 is 0 Å². The molecule has 0 spiro atoms. The lowest BCUT2D eigenvalue weighted by atomic mass is 9.90. The third-order valence-corrected chi connectivity index (χ3v) is 3.61. The van der Waals surface area contributed by atoms with Crippen molar-refractivity contribution in [3.8, 4) is 0 Å². The molecule has 6 nitrogen and oxygen atoms in total. The summed E-state index contributed by atoms with van der Waals surface area (Å²) in [5, 5.41) is 3.73. The number of hydrogen-bond donors (Lipinski definition) is 1. The maximum atomic E-state index is 12.3. The van der Waals surface area contributed by atoms with Crippen molar-refractivity contribution < 1.29 is 14.3 Å². The highest BCUT2D eigenvalue weighted by atomic mass is 35.5. The minimum atomic E-state index is -0.765.